The summed E-state index contributed by atoms with van der Waals surface area (Å²) in [5.41, 5.74) is 0.651. The van der Waals surface area contributed by atoms with Crippen LogP contribution < -0.4 is 10.0 Å². The number of hydrogen-bond acceptors (Lipinski definition) is 5. The van der Waals surface area contributed by atoms with E-state index in [1.807, 2.05) is 0 Å². The summed E-state index contributed by atoms with van der Waals surface area (Å²) in [5.74, 6) is 4.38. The highest BCUT2D eigenvalue weighted by molar-refractivity contribution is 7.89. The van der Waals surface area contributed by atoms with E-state index in [-0.39, 0.29) is 24.5 Å². The molecule has 0 bridgehead atoms. The van der Waals surface area contributed by atoms with E-state index in [4.69, 9.17) is 5.11 Å². The minimum absolute atomic E-state index is 0.0167. The molecule has 0 aliphatic heterocycles. The fraction of sp³-hybridized carbons (Fsp3) is 0.333. The van der Waals surface area contributed by atoms with Crippen LogP contribution in [0.5, 0.6) is 0 Å². The summed E-state index contributed by atoms with van der Waals surface area (Å²) in [6, 6.07) is 1.48. The second kappa shape index (κ2) is 7.59. The molecule has 0 fully saturated rings. The number of carbonyl (C=O) groups excluding carboxylic acids is 1. The number of carbonyl (C=O) groups is 1. The zero-order chi connectivity index (χ0) is 15.0. The summed E-state index contributed by atoms with van der Waals surface area (Å²) in [6.07, 6.45) is 2.84. The lowest BCUT2D eigenvalue weighted by Crippen LogP contribution is -2.33. The van der Waals surface area contributed by atoms with Crippen molar-refractivity contribution in [1.82, 2.24) is 15.0 Å². The molecule has 0 saturated heterocycles. The molecule has 0 aliphatic rings. The van der Waals surface area contributed by atoms with E-state index in [2.05, 4.69) is 26.9 Å². The molecule has 1 aromatic heterocycles. The Kier molecular flexibility index (Phi) is 6.11. The van der Waals surface area contributed by atoms with Gasteiger partial charge in [-0.1, -0.05) is 11.8 Å². The summed E-state index contributed by atoms with van der Waals surface area (Å²) in [7, 11) is -2.05. The number of aliphatic hydroxyl groups excluding tert-OH is 1. The molecule has 0 aliphatic carbocycles. The van der Waals surface area contributed by atoms with Gasteiger partial charge in [0, 0.05) is 18.9 Å². The van der Waals surface area contributed by atoms with Crippen molar-refractivity contribution < 1.29 is 18.3 Å². The fourth-order valence-electron chi connectivity index (χ4n) is 1.32. The monoisotopic (exact) mass is 297 g/mol. The molecule has 3 N–H and O–H groups in total. The quantitative estimate of drug-likeness (QED) is 0.586. The predicted molar refractivity (Wildman–Crippen MR) is 73.4 cm³/mol. The highest BCUT2D eigenvalue weighted by atomic mass is 32.2. The lowest BCUT2D eigenvalue weighted by Gasteiger charge is -2.06. The second-order valence-corrected chi connectivity index (χ2v) is 5.71. The average Bonchev–Trinajstić information content (AvgIpc) is 2.45. The molecule has 1 aromatic rings. The minimum Gasteiger partial charge on any atom is -0.384 e. The van der Waals surface area contributed by atoms with Crippen molar-refractivity contribution in [2.75, 3.05) is 26.0 Å². The molecular formula is C12H15N3O4S. The van der Waals surface area contributed by atoms with Crippen molar-refractivity contribution in [3.63, 3.8) is 0 Å². The Morgan fingerprint density at radius 1 is 1.50 bits per heavy atom. The Hall–Kier alpha value is -1.95. The first-order valence-electron chi connectivity index (χ1n) is 5.73. The molecule has 0 unspecified atom stereocenters. The normalized spacial score (nSPS) is 10.5. The van der Waals surface area contributed by atoms with Crippen molar-refractivity contribution in [3.05, 3.63) is 29.6 Å². The van der Waals surface area contributed by atoms with Gasteiger partial charge >= 0.3 is 0 Å². The van der Waals surface area contributed by atoms with Gasteiger partial charge in [0.2, 0.25) is 10.0 Å². The van der Waals surface area contributed by atoms with Crippen LogP contribution in [0.1, 0.15) is 15.9 Å². The molecule has 8 heteroatoms. The third-order valence-corrected chi connectivity index (χ3v) is 3.70. The summed E-state index contributed by atoms with van der Waals surface area (Å²) >= 11 is 0. The largest absolute Gasteiger partial charge is 0.384 e. The molecule has 1 heterocycles. The van der Waals surface area contributed by atoms with Gasteiger partial charge in [0.25, 0.3) is 5.91 Å². The van der Waals surface area contributed by atoms with E-state index >= 15 is 0 Å². The lowest BCUT2D eigenvalue weighted by molar-refractivity contribution is 0.0956. The minimum atomic E-state index is -3.36. The van der Waals surface area contributed by atoms with Crippen LogP contribution in [0, 0.1) is 11.8 Å². The maximum absolute atomic E-state index is 11.9. The van der Waals surface area contributed by atoms with Crippen LogP contribution in [0.25, 0.3) is 0 Å². The Morgan fingerprint density at radius 3 is 2.90 bits per heavy atom. The first-order chi connectivity index (χ1) is 9.50. The van der Waals surface area contributed by atoms with Gasteiger partial charge in [0.15, 0.2) is 0 Å². The standard InChI is InChI=1S/C12H15N3O4S/c1-13-20(18,19)8-6-15-12(17)11-4-5-14-9-10(11)3-2-7-16/h4-5,9,13,16H,6-8H2,1H3,(H,15,17). The molecule has 20 heavy (non-hydrogen) atoms. The van der Waals surface area contributed by atoms with E-state index < -0.39 is 15.9 Å². The van der Waals surface area contributed by atoms with Gasteiger partial charge in [-0.25, -0.2) is 13.1 Å². The van der Waals surface area contributed by atoms with Gasteiger partial charge in [-0.05, 0) is 13.1 Å². The lowest BCUT2D eigenvalue weighted by atomic mass is 10.1. The second-order valence-electron chi connectivity index (χ2n) is 3.66. The number of nitrogens with one attached hydrogen (secondary N) is 2. The van der Waals surface area contributed by atoms with Crippen LogP contribution >= 0.6 is 0 Å². The van der Waals surface area contributed by atoms with E-state index in [1.165, 1.54) is 25.5 Å². The third kappa shape index (κ3) is 4.97. The van der Waals surface area contributed by atoms with E-state index in [1.54, 1.807) is 0 Å². The first kappa shape index (κ1) is 16.1. The molecule has 1 rings (SSSR count). The molecular weight excluding hydrogens is 282 g/mol. The number of amides is 1. The number of nitrogens with zero attached hydrogens (tertiary/aromatic N) is 1. The van der Waals surface area contributed by atoms with Gasteiger partial charge in [0.1, 0.15) is 6.61 Å². The van der Waals surface area contributed by atoms with E-state index in [0.29, 0.717) is 5.56 Å². The molecule has 0 saturated carbocycles. The Morgan fingerprint density at radius 2 is 2.25 bits per heavy atom. The summed E-state index contributed by atoms with van der Waals surface area (Å²) < 4.78 is 24.6. The Labute approximate surface area is 117 Å². The van der Waals surface area contributed by atoms with Crippen molar-refractivity contribution >= 4 is 15.9 Å². The van der Waals surface area contributed by atoms with Crippen LogP contribution in [0.15, 0.2) is 18.5 Å². The maximum atomic E-state index is 11.9. The number of rotatable bonds is 5. The average molecular weight is 297 g/mol. The third-order valence-electron chi connectivity index (χ3n) is 2.34. The molecule has 7 nitrogen and oxygen atoms in total. The summed E-state index contributed by atoms with van der Waals surface area (Å²) in [6.45, 7) is -0.340. The van der Waals surface area contributed by atoms with Crippen molar-refractivity contribution in [2.45, 2.75) is 0 Å². The van der Waals surface area contributed by atoms with Crippen LogP contribution in [-0.4, -0.2) is 50.4 Å². The molecule has 108 valence electrons. The predicted octanol–water partition coefficient (Wildman–Crippen LogP) is -1.30. The smallest absolute Gasteiger partial charge is 0.252 e. The van der Waals surface area contributed by atoms with Gasteiger partial charge < -0.3 is 10.4 Å². The molecule has 0 aromatic carbocycles. The van der Waals surface area contributed by atoms with Crippen LogP contribution in [0.4, 0.5) is 0 Å². The van der Waals surface area contributed by atoms with Gasteiger partial charge in [-0.15, -0.1) is 0 Å². The summed E-state index contributed by atoms with van der Waals surface area (Å²) in [5, 5.41) is 11.1. The molecule has 0 radical (unpaired) electrons. The highest BCUT2D eigenvalue weighted by Gasteiger charge is 2.12. The van der Waals surface area contributed by atoms with Crippen LogP contribution in [0.2, 0.25) is 0 Å². The van der Waals surface area contributed by atoms with Crippen LogP contribution in [-0.2, 0) is 10.0 Å². The molecule has 1 amide bonds. The van der Waals surface area contributed by atoms with Gasteiger partial charge in [0.05, 0.1) is 16.9 Å². The fourth-order valence-corrected chi connectivity index (χ4v) is 1.90. The molecule has 0 atom stereocenters. The van der Waals surface area contributed by atoms with Crippen molar-refractivity contribution in [3.8, 4) is 11.8 Å². The van der Waals surface area contributed by atoms with Crippen molar-refractivity contribution in [1.29, 1.82) is 0 Å². The first-order valence-corrected chi connectivity index (χ1v) is 7.38. The number of hydrogen-bond donors (Lipinski definition) is 3. The maximum Gasteiger partial charge on any atom is 0.252 e. The molecule has 0 spiro atoms. The zero-order valence-corrected chi connectivity index (χ0v) is 11.7. The topological polar surface area (TPSA) is 108 Å². The van der Waals surface area contributed by atoms with Gasteiger partial charge in [-0.2, -0.15) is 0 Å². The highest BCUT2D eigenvalue weighted by Crippen LogP contribution is 2.05. The SMILES string of the molecule is CNS(=O)(=O)CCNC(=O)c1ccncc1C#CCO. The van der Waals surface area contributed by atoms with Gasteiger partial charge in [-0.3, -0.25) is 9.78 Å². The van der Waals surface area contributed by atoms with Crippen molar-refractivity contribution in [2.24, 2.45) is 0 Å². The van der Waals surface area contributed by atoms with E-state index in [0.717, 1.165) is 0 Å². The Balaban J connectivity index is 2.73. The Bertz CT molecular complexity index is 632. The van der Waals surface area contributed by atoms with Crippen LogP contribution in [0.3, 0.4) is 0 Å². The number of pyridine rings is 1. The summed E-state index contributed by atoms with van der Waals surface area (Å²) in [4.78, 5) is 15.8. The van der Waals surface area contributed by atoms with E-state index in [9.17, 15) is 13.2 Å². The number of aliphatic hydroxyl groups is 1. The number of aromatic nitrogens is 1. The zero-order valence-electron chi connectivity index (χ0n) is 10.9. The number of sulfonamides is 1.